The van der Waals surface area contributed by atoms with E-state index in [2.05, 4.69) is 19.2 Å². The SMILES string of the molecule is COC(C)(C)CC(C)(NCC(C)C)C(=O)O. The Morgan fingerprint density at radius 3 is 2.19 bits per heavy atom. The van der Waals surface area contributed by atoms with Gasteiger partial charge in [0, 0.05) is 13.5 Å². The molecule has 0 fully saturated rings. The molecule has 0 rings (SSSR count). The normalized spacial score (nSPS) is 16.2. The highest BCUT2D eigenvalue weighted by molar-refractivity contribution is 5.78. The Bertz CT molecular complexity index is 238. The lowest BCUT2D eigenvalue weighted by atomic mass is 9.87. The molecule has 4 nitrogen and oxygen atoms in total. The monoisotopic (exact) mass is 231 g/mol. The fourth-order valence-electron chi connectivity index (χ4n) is 1.57. The minimum absolute atomic E-state index is 0.421. The molecule has 0 heterocycles. The molecule has 2 N–H and O–H groups in total. The molecule has 1 atom stereocenters. The third-order valence-electron chi connectivity index (χ3n) is 2.70. The molecule has 4 heteroatoms. The number of hydrogen-bond acceptors (Lipinski definition) is 3. The van der Waals surface area contributed by atoms with Gasteiger partial charge in [0.1, 0.15) is 5.54 Å². The summed E-state index contributed by atoms with van der Waals surface area (Å²) < 4.78 is 5.29. The summed E-state index contributed by atoms with van der Waals surface area (Å²) in [6.45, 7) is 10.3. The lowest BCUT2D eigenvalue weighted by molar-refractivity contribution is -0.147. The molecule has 96 valence electrons. The van der Waals surface area contributed by atoms with Crippen LogP contribution in [0.15, 0.2) is 0 Å². The van der Waals surface area contributed by atoms with Crippen LogP contribution in [0.5, 0.6) is 0 Å². The second-order valence-corrected chi connectivity index (χ2v) is 5.55. The van der Waals surface area contributed by atoms with Crippen LogP contribution in [0.25, 0.3) is 0 Å². The van der Waals surface area contributed by atoms with Gasteiger partial charge in [0.25, 0.3) is 0 Å². The molecule has 0 aliphatic rings. The molecule has 0 bridgehead atoms. The Morgan fingerprint density at radius 2 is 1.88 bits per heavy atom. The molecule has 0 saturated heterocycles. The molecule has 0 aliphatic carbocycles. The number of carboxylic acid groups (broad SMARTS) is 1. The van der Waals surface area contributed by atoms with Crippen LogP contribution in [0.4, 0.5) is 0 Å². The molecule has 0 amide bonds. The smallest absolute Gasteiger partial charge is 0.323 e. The van der Waals surface area contributed by atoms with Gasteiger partial charge in [-0.1, -0.05) is 13.8 Å². The summed E-state index contributed by atoms with van der Waals surface area (Å²) in [7, 11) is 1.60. The maximum absolute atomic E-state index is 11.3. The predicted octanol–water partition coefficient (Wildman–Crippen LogP) is 1.89. The van der Waals surface area contributed by atoms with Crippen LogP contribution < -0.4 is 5.32 Å². The van der Waals surface area contributed by atoms with Crippen LogP contribution in [0.1, 0.15) is 41.0 Å². The van der Waals surface area contributed by atoms with Crippen molar-refractivity contribution in [1.82, 2.24) is 5.32 Å². The lowest BCUT2D eigenvalue weighted by Gasteiger charge is -2.34. The number of methoxy groups -OCH3 is 1. The van der Waals surface area contributed by atoms with E-state index in [9.17, 15) is 9.90 Å². The molecule has 1 unspecified atom stereocenters. The molecule has 16 heavy (non-hydrogen) atoms. The van der Waals surface area contributed by atoms with Crippen molar-refractivity contribution in [3.63, 3.8) is 0 Å². The minimum Gasteiger partial charge on any atom is -0.480 e. The average molecular weight is 231 g/mol. The summed E-state index contributed by atoms with van der Waals surface area (Å²) in [6.07, 6.45) is 0.429. The van der Waals surface area contributed by atoms with Gasteiger partial charge < -0.3 is 15.2 Å². The maximum Gasteiger partial charge on any atom is 0.323 e. The molecule has 0 spiro atoms. The fraction of sp³-hybridized carbons (Fsp3) is 0.917. The van der Waals surface area contributed by atoms with E-state index in [0.717, 1.165) is 0 Å². The van der Waals surface area contributed by atoms with Crippen molar-refractivity contribution in [2.75, 3.05) is 13.7 Å². The van der Waals surface area contributed by atoms with Crippen molar-refractivity contribution >= 4 is 5.97 Å². The van der Waals surface area contributed by atoms with Gasteiger partial charge in [-0.25, -0.2) is 0 Å². The lowest BCUT2D eigenvalue weighted by Crippen LogP contribution is -2.54. The molecule has 0 radical (unpaired) electrons. The summed E-state index contributed by atoms with van der Waals surface area (Å²) in [4.78, 5) is 11.3. The fourth-order valence-corrected chi connectivity index (χ4v) is 1.57. The zero-order chi connectivity index (χ0) is 13.0. The van der Waals surface area contributed by atoms with E-state index in [4.69, 9.17) is 4.74 Å². The van der Waals surface area contributed by atoms with E-state index >= 15 is 0 Å². The highest BCUT2D eigenvalue weighted by Crippen LogP contribution is 2.23. The molecule has 0 aromatic heterocycles. The number of rotatable bonds is 7. The van der Waals surface area contributed by atoms with E-state index < -0.39 is 17.1 Å². The van der Waals surface area contributed by atoms with Crippen LogP contribution in [0.3, 0.4) is 0 Å². The van der Waals surface area contributed by atoms with Gasteiger partial charge in [0.05, 0.1) is 5.60 Å². The Labute approximate surface area is 98.4 Å². The van der Waals surface area contributed by atoms with Crippen molar-refractivity contribution in [2.45, 2.75) is 52.2 Å². The standard InChI is InChI=1S/C12H25NO3/c1-9(2)7-13-12(5,10(14)15)8-11(3,4)16-6/h9,13H,7-8H2,1-6H3,(H,14,15). The Kier molecular flexibility index (Phi) is 5.42. The van der Waals surface area contributed by atoms with E-state index in [1.54, 1.807) is 14.0 Å². The minimum atomic E-state index is -0.941. The first-order chi connectivity index (χ1) is 7.13. The summed E-state index contributed by atoms with van der Waals surface area (Å²) in [5.74, 6) is -0.414. The van der Waals surface area contributed by atoms with Crippen LogP contribution in [0.2, 0.25) is 0 Å². The second-order valence-electron chi connectivity index (χ2n) is 5.55. The Balaban J connectivity index is 4.64. The molecule has 0 aliphatic heterocycles. The third-order valence-corrected chi connectivity index (χ3v) is 2.70. The third kappa shape index (κ3) is 4.94. The number of aliphatic carboxylic acids is 1. The van der Waals surface area contributed by atoms with Gasteiger partial charge >= 0.3 is 5.97 Å². The first-order valence-corrected chi connectivity index (χ1v) is 5.66. The van der Waals surface area contributed by atoms with Crippen LogP contribution in [0, 0.1) is 5.92 Å². The molecule has 0 saturated carbocycles. The second kappa shape index (κ2) is 5.64. The van der Waals surface area contributed by atoms with E-state index in [1.807, 2.05) is 13.8 Å². The van der Waals surface area contributed by atoms with Gasteiger partial charge in [-0.15, -0.1) is 0 Å². The van der Waals surface area contributed by atoms with Crippen LogP contribution >= 0.6 is 0 Å². The van der Waals surface area contributed by atoms with Gasteiger partial charge in [-0.3, -0.25) is 4.79 Å². The van der Waals surface area contributed by atoms with Crippen LogP contribution in [-0.4, -0.2) is 35.9 Å². The van der Waals surface area contributed by atoms with Crippen molar-refractivity contribution in [3.8, 4) is 0 Å². The van der Waals surface area contributed by atoms with E-state index in [-0.39, 0.29) is 0 Å². The van der Waals surface area contributed by atoms with E-state index in [1.165, 1.54) is 0 Å². The first kappa shape index (κ1) is 15.4. The Morgan fingerprint density at radius 1 is 1.38 bits per heavy atom. The molecule has 0 aromatic carbocycles. The van der Waals surface area contributed by atoms with Crippen molar-refractivity contribution in [1.29, 1.82) is 0 Å². The topological polar surface area (TPSA) is 58.6 Å². The number of carboxylic acids is 1. The average Bonchev–Trinajstić information content (AvgIpc) is 2.14. The zero-order valence-corrected chi connectivity index (χ0v) is 11.3. The molecular weight excluding hydrogens is 206 g/mol. The summed E-state index contributed by atoms with van der Waals surface area (Å²) >= 11 is 0. The van der Waals surface area contributed by atoms with Crippen LogP contribution in [-0.2, 0) is 9.53 Å². The van der Waals surface area contributed by atoms with Crippen molar-refractivity contribution in [3.05, 3.63) is 0 Å². The maximum atomic E-state index is 11.3. The number of carbonyl (C=O) groups is 1. The molecular formula is C12H25NO3. The van der Waals surface area contributed by atoms with Gasteiger partial charge in [-0.2, -0.15) is 0 Å². The van der Waals surface area contributed by atoms with E-state index in [0.29, 0.717) is 18.9 Å². The Hall–Kier alpha value is -0.610. The first-order valence-electron chi connectivity index (χ1n) is 5.66. The highest BCUT2D eigenvalue weighted by atomic mass is 16.5. The highest BCUT2D eigenvalue weighted by Gasteiger charge is 2.38. The number of ether oxygens (including phenoxy) is 1. The summed E-state index contributed by atoms with van der Waals surface area (Å²) in [6, 6.07) is 0. The number of hydrogen-bond donors (Lipinski definition) is 2. The largest absolute Gasteiger partial charge is 0.480 e. The van der Waals surface area contributed by atoms with Gasteiger partial charge in [-0.05, 0) is 33.2 Å². The van der Waals surface area contributed by atoms with Crippen molar-refractivity contribution in [2.24, 2.45) is 5.92 Å². The number of nitrogens with one attached hydrogen (secondary N) is 1. The van der Waals surface area contributed by atoms with Gasteiger partial charge in [0.2, 0.25) is 0 Å². The quantitative estimate of drug-likeness (QED) is 0.702. The molecule has 0 aromatic rings. The van der Waals surface area contributed by atoms with Gasteiger partial charge in [0.15, 0.2) is 0 Å². The summed E-state index contributed by atoms with van der Waals surface area (Å²) in [5, 5.41) is 12.4. The zero-order valence-electron chi connectivity index (χ0n) is 11.3. The predicted molar refractivity (Wildman–Crippen MR) is 64.6 cm³/mol. The van der Waals surface area contributed by atoms with Crippen molar-refractivity contribution < 1.29 is 14.6 Å². The summed E-state index contributed by atoms with van der Waals surface area (Å²) in [5.41, 5.74) is -1.39.